The summed E-state index contributed by atoms with van der Waals surface area (Å²) in [4.78, 5) is 13.9. The summed E-state index contributed by atoms with van der Waals surface area (Å²) in [6.07, 6.45) is 5.90. The molecule has 2 aliphatic rings. The zero-order valence-electron chi connectivity index (χ0n) is 10.9. The van der Waals surface area contributed by atoms with Crippen molar-refractivity contribution < 1.29 is 4.79 Å². The first-order chi connectivity index (χ1) is 8.29. The standard InChI is InChI=1S/C13H25N3O/c1-2-14-10-11-6-8-16(9-7-11)13(17)15-12-4-3-5-12/h11-12,14H,2-10H2,1H3,(H,15,17). The smallest absolute Gasteiger partial charge is 0.317 e. The fourth-order valence-corrected chi connectivity index (χ4v) is 2.51. The third-order valence-electron chi connectivity index (χ3n) is 4.02. The quantitative estimate of drug-likeness (QED) is 0.782. The number of hydrogen-bond donors (Lipinski definition) is 2. The molecule has 2 fully saturated rings. The molecule has 1 saturated heterocycles. The Hall–Kier alpha value is -0.770. The van der Waals surface area contributed by atoms with E-state index in [2.05, 4.69) is 17.6 Å². The molecule has 0 unspecified atom stereocenters. The monoisotopic (exact) mass is 239 g/mol. The maximum Gasteiger partial charge on any atom is 0.317 e. The van der Waals surface area contributed by atoms with E-state index in [0.717, 1.165) is 44.9 Å². The van der Waals surface area contributed by atoms with Gasteiger partial charge in [0, 0.05) is 19.1 Å². The highest BCUT2D eigenvalue weighted by molar-refractivity contribution is 5.74. The molecule has 0 aromatic carbocycles. The van der Waals surface area contributed by atoms with Crippen LogP contribution in [0, 0.1) is 5.92 Å². The minimum atomic E-state index is 0.164. The third kappa shape index (κ3) is 3.60. The number of piperidine rings is 1. The number of amides is 2. The van der Waals surface area contributed by atoms with Crippen molar-refractivity contribution in [1.82, 2.24) is 15.5 Å². The van der Waals surface area contributed by atoms with Gasteiger partial charge in [-0.15, -0.1) is 0 Å². The second kappa shape index (κ2) is 6.24. The van der Waals surface area contributed by atoms with E-state index in [-0.39, 0.29) is 6.03 Å². The zero-order chi connectivity index (χ0) is 12.1. The predicted molar refractivity (Wildman–Crippen MR) is 69.0 cm³/mol. The van der Waals surface area contributed by atoms with Crippen LogP contribution < -0.4 is 10.6 Å². The number of hydrogen-bond acceptors (Lipinski definition) is 2. The molecule has 1 aliphatic carbocycles. The third-order valence-corrected chi connectivity index (χ3v) is 4.02. The van der Waals surface area contributed by atoms with E-state index in [9.17, 15) is 4.79 Å². The number of urea groups is 1. The first kappa shape index (κ1) is 12.7. The molecule has 98 valence electrons. The van der Waals surface area contributed by atoms with Gasteiger partial charge in [0.2, 0.25) is 0 Å². The van der Waals surface area contributed by atoms with Gasteiger partial charge in [-0.05, 0) is 51.1 Å². The molecule has 4 nitrogen and oxygen atoms in total. The summed E-state index contributed by atoms with van der Waals surface area (Å²) >= 11 is 0. The number of nitrogens with zero attached hydrogens (tertiary/aromatic N) is 1. The Morgan fingerprint density at radius 2 is 1.94 bits per heavy atom. The number of carbonyl (C=O) groups excluding carboxylic acids is 1. The highest BCUT2D eigenvalue weighted by atomic mass is 16.2. The molecule has 0 radical (unpaired) electrons. The van der Waals surface area contributed by atoms with E-state index >= 15 is 0 Å². The lowest BCUT2D eigenvalue weighted by molar-refractivity contribution is 0.161. The van der Waals surface area contributed by atoms with E-state index in [1.54, 1.807) is 0 Å². The maximum atomic E-state index is 11.9. The molecule has 17 heavy (non-hydrogen) atoms. The molecule has 0 spiro atoms. The van der Waals surface area contributed by atoms with Gasteiger partial charge < -0.3 is 15.5 Å². The van der Waals surface area contributed by atoms with E-state index in [0.29, 0.717) is 6.04 Å². The summed E-state index contributed by atoms with van der Waals surface area (Å²) in [6.45, 7) is 6.14. The van der Waals surface area contributed by atoms with Crippen molar-refractivity contribution in [3.05, 3.63) is 0 Å². The average molecular weight is 239 g/mol. The maximum absolute atomic E-state index is 11.9. The lowest BCUT2D eigenvalue weighted by Gasteiger charge is -2.35. The number of carbonyl (C=O) groups is 1. The van der Waals surface area contributed by atoms with Crippen molar-refractivity contribution in [2.45, 2.75) is 45.1 Å². The van der Waals surface area contributed by atoms with Crippen LogP contribution in [0.1, 0.15) is 39.0 Å². The van der Waals surface area contributed by atoms with E-state index < -0.39 is 0 Å². The molecule has 2 amide bonds. The Labute approximate surface area is 104 Å². The van der Waals surface area contributed by atoms with Crippen molar-refractivity contribution in [3.8, 4) is 0 Å². The van der Waals surface area contributed by atoms with Crippen LogP contribution in [-0.2, 0) is 0 Å². The largest absolute Gasteiger partial charge is 0.335 e. The Morgan fingerprint density at radius 3 is 2.47 bits per heavy atom. The number of rotatable bonds is 4. The minimum absolute atomic E-state index is 0.164. The molecule has 0 atom stereocenters. The van der Waals surface area contributed by atoms with Crippen LogP contribution in [0.3, 0.4) is 0 Å². The topological polar surface area (TPSA) is 44.4 Å². The second-order valence-electron chi connectivity index (χ2n) is 5.32. The van der Waals surface area contributed by atoms with Crippen molar-refractivity contribution in [3.63, 3.8) is 0 Å². The molecule has 0 aromatic rings. The van der Waals surface area contributed by atoms with Crippen molar-refractivity contribution in [1.29, 1.82) is 0 Å². The van der Waals surface area contributed by atoms with Crippen LogP contribution in [0.4, 0.5) is 4.79 Å². The van der Waals surface area contributed by atoms with Crippen LogP contribution in [-0.4, -0.2) is 43.2 Å². The van der Waals surface area contributed by atoms with Gasteiger partial charge in [-0.2, -0.15) is 0 Å². The first-order valence-electron chi connectivity index (χ1n) is 7.05. The van der Waals surface area contributed by atoms with E-state index in [4.69, 9.17) is 0 Å². The molecule has 0 bridgehead atoms. The van der Waals surface area contributed by atoms with Crippen LogP contribution >= 0.6 is 0 Å². The lowest BCUT2D eigenvalue weighted by atomic mass is 9.93. The Bertz CT molecular complexity index is 245. The van der Waals surface area contributed by atoms with Crippen molar-refractivity contribution in [2.75, 3.05) is 26.2 Å². The summed E-state index contributed by atoms with van der Waals surface area (Å²) in [5.41, 5.74) is 0. The van der Waals surface area contributed by atoms with Crippen molar-refractivity contribution >= 4 is 6.03 Å². The normalized spacial score (nSPS) is 22.3. The fourth-order valence-electron chi connectivity index (χ4n) is 2.51. The molecular weight excluding hydrogens is 214 g/mol. The lowest BCUT2D eigenvalue weighted by Crippen LogP contribution is -2.50. The molecule has 4 heteroatoms. The van der Waals surface area contributed by atoms with Crippen LogP contribution in [0.15, 0.2) is 0 Å². The van der Waals surface area contributed by atoms with Gasteiger partial charge in [0.15, 0.2) is 0 Å². The predicted octanol–water partition coefficient (Wildman–Crippen LogP) is 1.57. The summed E-state index contributed by atoms with van der Waals surface area (Å²) in [7, 11) is 0. The Balaban J connectivity index is 1.65. The van der Waals surface area contributed by atoms with Gasteiger partial charge in [-0.25, -0.2) is 4.79 Å². The van der Waals surface area contributed by atoms with Gasteiger partial charge in [0.1, 0.15) is 0 Å². The van der Waals surface area contributed by atoms with Crippen LogP contribution in [0.2, 0.25) is 0 Å². The Kier molecular flexibility index (Phi) is 4.66. The van der Waals surface area contributed by atoms with Gasteiger partial charge in [0.25, 0.3) is 0 Å². The molecule has 0 aromatic heterocycles. The highest BCUT2D eigenvalue weighted by Gasteiger charge is 2.25. The summed E-state index contributed by atoms with van der Waals surface area (Å²) in [5.74, 6) is 0.753. The zero-order valence-corrected chi connectivity index (χ0v) is 10.9. The van der Waals surface area contributed by atoms with E-state index in [1.165, 1.54) is 19.3 Å². The Morgan fingerprint density at radius 1 is 1.24 bits per heavy atom. The van der Waals surface area contributed by atoms with Gasteiger partial charge in [0.05, 0.1) is 0 Å². The van der Waals surface area contributed by atoms with Gasteiger partial charge in [-0.3, -0.25) is 0 Å². The molecule has 1 heterocycles. The molecular formula is C13H25N3O. The summed E-state index contributed by atoms with van der Waals surface area (Å²) < 4.78 is 0. The second-order valence-corrected chi connectivity index (χ2v) is 5.32. The summed E-state index contributed by atoms with van der Waals surface area (Å²) in [5, 5.41) is 6.51. The SMILES string of the molecule is CCNCC1CCN(C(=O)NC2CCC2)CC1. The molecule has 2 N–H and O–H groups in total. The fraction of sp³-hybridized carbons (Fsp3) is 0.923. The van der Waals surface area contributed by atoms with Gasteiger partial charge >= 0.3 is 6.03 Å². The van der Waals surface area contributed by atoms with E-state index in [1.807, 2.05) is 4.90 Å². The molecule has 1 saturated carbocycles. The molecule has 2 rings (SSSR count). The number of nitrogens with one attached hydrogen (secondary N) is 2. The van der Waals surface area contributed by atoms with Gasteiger partial charge in [-0.1, -0.05) is 6.92 Å². The number of likely N-dealkylation sites (tertiary alicyclic amines) is 1. The highest BCUT2D eigenvalue weighted by Crippen LogP contribution is 2.20. The van der Waals surface area contributed by atoms with Crippen LogP contribution in [0.5, 0.6) is 0 Å². The minimum Gasteiger partial charge on any atom is -0.335 e. The molecule has 1 aliphatic heterocycles. The summed E-state index contributed by atoms with van der Waals surface area (Å²) in [6, 6.07) is 0.624. The average Bonchev–Trinajstić information content (AvgIpc) is 2.31. The van der Waals surface area contributed by atoms with Crippen molar-refractivity contribution in [2.24, 2.45) is 5.92 Å². The van der Waals surface area contributed by atoms with Crippen LogP contribution in [0.25, 0.3) is 0 Å². The first-order valence-corrected chi connectivity index (χ1v) is 7.05.